The molecule has 3 heterocycles. The first-order valence-corrected chi connectivity index (χ1v) is 12.3. The Labute approximate surface area is 214 Å². The maximum atomic E-state index is 12.6. The SMILES string of the molecule is CCOC(=O)N1C2CCC1c1cc(Nc3ncc(Cl)c(Nc4ccccc4C(=O)NC)n3)ccc1C2. The first-order chi connectivity index (χ1) is 17.5. The number of rotatable bonds is 6. The number of fused-ring (bicyclic) bond motifs is 4. The van der Waals surface area contributed by atoms with Crippen LogP contribution in [0.5, 0.6) is 0 Å². The van der Waals surface area contributed by atoms with E-state index in [-0.39, 0.29) is 24.1 Å². The van der Waals surface area contributed by atoms with E-state index in [1.165, 1.54) is 11.8 Å². The summed E-state index contributed by atoms with van der Waals surface area (Å²) in [6, 6.07) is 13.4. The van der Waals surface area contributed by atoms with Crippen molar-refractivity contribution in [1.29, 1.82) is 0 Å². The number of benzene rings is 2. The fourth-order valence-corrected chi connectivity index (χ4v) is 5.12. The number of anilines is 4. The second-order valence-corrected chi connectivity index (χ2v) is 9.14. The Morgan fingerprint density at radius 2 is 2.00 bits per heavy atom. The van der Waals surface area contributed by atoms with Crippen LogP contribution >= 0.6 is 11.6 Å². The van der Waals surface area contributed by atoms with Crippen LogP contribution < -0.4 is 16.0 Å². The molecule has 2 aliphatic rings. The summed E-state index contributed by atoms with van der Waals surface area (Å²) in [5.41, 5.74) is 4.22. The van der Waals surface area contributed by atoms with E-state index in [9.17, 15) is 9.59 Å². The fourth-order valence-electron chi connectivity index (χ4n) is 4.98. The van der Waals surface area contributed by atoms with Crippen LogP contribution in [0.1, 0.15) is 47.3 Å². The topological polar surface area (TPSA) is 108 Å². The van der Waals surface area contributed by atoms with Gasteiger partial charge in [0.2, 0.25) is 5.95 Å². The smallest absolute Gasteiger partial charge is 0.410 e. The summed E-state index contributed by atoms with van der Waals surface area (Å²) >= 11 is 6.36. The average Bonchev–Trinajstić information content (AvgIpc) is 3.21. The van der Waals surface area contributed by atoms with Crippen molar-refractivity contribution < 1.29 is 14.3 Å². The van der Waals surface area contributed by atoms with E-state index in [4.69, 9.17) is 16.3 Å². The molecule has 2 bridgehead atoms. The van der Waals surface area contributed by atoms with Gasteiger partial charge in [-0.15, -0.1) is 0 Å². The van der Waals surface area contributed by atoms with Crippen LogP contribution in [0, 0.1) is 0 Å². The molecule has 2 amide bonds. The van der Waals surface area contributed by atoms with Gasteiger partial charge in [-0.3, -0.25) is 9.69 Å². The quantitative estimate of drug-likeness (QED) is 0.422. The van der Waals surface area contributed by atoms with Crippen LogP contribution in [0.3, 0.4) is 0 Å². The van der Waals surface area contributed by atoms with Crippen molar-refractivity contribution in [3.05, 3.63) is 70.4 Å². The molecular formula is C26H27ClN6O3. The lowest BCUT2D eigenvalue weighted by Crippen LogP contribution is -2.42. The number of ether oxygens (including phenoxy) is 1. The third kappa shape index (κ3) is 4.54. The van der Waals surface area contributed by atoms with E-state index in [0.29, 0.717) is 34.6 Å². The molecule has 10 heteroatoms. The predicted molar refractivity (Wildman–Crippen MR) is 138 cm³/mol. The fraction of sp³-hybridized carbons (Fsp3) is 0.308. The number of hydrogen-bond acceptors (Lipinski definition) is 7. The highest BCUT2D eigenvalue weighted by Crippen LogP contribution is 2.45. The van der Waals surface area contributed by atoms with Crippen molar-refractivity contribution in [2.45, 2.75) is 38.3 Å². The molecule has 1 saturated heterocycles. The molecule has 1 fully saturated rings. The van der Waals surface area contributed by atoms with Gasteiger partial charge in [0.25, 0.3) is 5.91 Å². The summed E-state index contributed by atoms with van der Waals surface area (Å²) in [4.78, 5) is 35.5. The van der Waals surface area contributed by atoms with Gasteiger partial charge >= 0.3 is 6.09 Å². The molecule has 5 rings (SSSR count). The Hall–Kier alpha value is -3.85. The van der Waals surface area contributed by atoms with Crippen molar-refractivity contribution in [3.63, 3.8) is 0 Å². The van der Waals surface area contributed by atoms with Gasteiger partial charge in [0.05, 0.1) is 30.1 Å². The first-order valence-electron chi connectivity index (χ1n) is 11.9. The summed E-state index contributed by atoms with van der Waals surface area (Å²) < 4.78 is 5.31. The third-order valence-electron chi connectivity index (χ3n) is 6.59. The lowest BCUT2D eigenvalue weighted by molar-refractivity contribution is 0.0838. The van der Waals surface area contributed by atoms with Crippen LogP contribution in [0.25, 0.3) is 0 Å². The predicted octanol–water partition coefficient (Wildman–Crippen LogP) is 5.19. The summed E-state index contributed by atoms with van der Waals surface area (Å²) in [7, 11) is 1.58. The molecule has 3 N–H and O–H groups in total. The number of carbonyl (C=O) groups excluding carboxylic acids is 2. The Balaban J connectivity index is 1.39. The Morgan fingerprint density at radius 3 is 2.81 bits per heavy atom. The first kappa shape index (κ1) is 23.9. The number of halogens is 1. The Kier molecular flexibility index (Phi) is 6.65. The summed E-state index contributed by atoms with van der Waals surface area (Å²) in [5.74, 6) is 0.499. The molecule has 9 nitrogen and oxygen atoms in total. The van der Waals surface area contributed by atoms with E-state index in [1.54, 1.807) is 25.2 Å². The minimum atomic E-state index is -0.247. The monoisotopic (exact) mass is 506 g/mol. The number of aromatic nitrogens is 2. The van der Waals surface area contributed by atoms with Crippen LogP contribution in [0.4, 0.5) is 27.9 Å². The zero-order valence-electron chi connectivity index (χ0n) is 20.0. The summed E-state index contributed by atoms with van der Waals surface area (Å²) in [6.45, 7) is 2.19. The normalized spacial score (nSPS) is 17.8. The lowest BCUT2D eigenvalue weighted by Gasteiger charge is -2.35. The van der Waals surface area contributed by atoms with Gasteiger partial charge in [-0.05, 0) is 61.6 Å². The number of hydrogen-bond donors (Lipinski definition) is 3. The largest absolute Gasteiger partial charge is 0.450 e. The maximum absolute atomic E-state index is 12.6. The molecule has 0 aliphatic carbocycles. The Bertz CT molecular complexity index is 1320. The lowest BCUT2D eigenvalue weighted by atomic mass is 9.93. The van der Waals surface area contributed by atoms with E-state index < -0.39 is 0 Å². The molecule has 186 valence electrons. The summed E-state index contributed by atoms with van der Waals surface area (Å²) in [6.07, 6.45) is 3.96. The van der Waals surface area contributed by atoms with Crippen molar-refractivity contribution in [1.82, 2.24) is 20.2 Å². The molecule has 2 aliphatic heterocycles. The molecule has 3 aromatic rings. The highest BCUT2D eigenvalue weighted by atomic mass is 35.5. The molecule has 2 aromatic carbocycles. The third-order valence-corrected chi connectivity index (χ3v) is 6.87. The van der Waals surface area contributed by atoms with Gasteiger partial charge in [-0.2, -0.15) is 4.98 Å². The van der Waals surface area contributed by atoms with Crippen molar-refractivity contribution in [2.24, 2.45) is 0 Å². The highest BCUT2D eigenvalue weighted by Gasteiger charge is 2.43. The highest BCUT2D eigenvalue weighted by molar-refractivity contribution is 6.33. The minimum absolute atomic E-state index is 0.00382. The van der Waals surface area contributed by atoms with Crippen LogP contribution in [0.15, 0.2) is 48.7 Å². The standard InChI is InChI=1S/C26H27ClN6O3/c1-3-36-26(35)33-17-10-11-22(33)19-13-16(9-8-15(19)12-17)30-25-29-14-20(27)23(32-25)31-21-7-5-4-6-18(21)24(34)28-2/h4-9,13-14,17,22H,3,10-12H2,1-2H3,(H,28,34)(H2,29,30,31,32). The molecule has 0 spiro atoms. The van der Waals surface area contributed by atoms with Gasteiger partial charge in [0, 0.05) is 18.8 Å². The number of amides is 2. The van der Waals surface area contributed by atoms with Gasteiger partial charge in [0.1, 0.15) is 5.02 Å². The van der Waals surface area contributed by atoms with Gasteiger partial charge in [0.15, 0.2) is 5.82 Å². The second kappa shape index (κ2) is 10.0. The molecule has 1 aromatic heterocycles. The molecular weight excluding hydrogens is 480 g/mol. The van der Waals surface area contributed by atoms with E-state index in [0.717, 1.165) is 30.5 Å². The van der Waals surface area contributed by atoms with Gasteiger partial charge in [-0.25, -0.2) is 9.78 Å². The van der Waals surface area contributed by atoms with Crippen molar-refractivity contribution in [2.75, 3.05) is 24.3 Å². The van der Waals surface area contributed by atoms with E-state index >= 15 is 0 Å². The Morgan fingerprint density at radius 1 is 1.17 bits per heavy atom. The average molecular weight is 507 g/mol. The van der Waals surface area contributed by atoms with Gasteiger partial charge < -0.3 is 20.7 Å². The van der Waals surface area contributed by atoms with Gasteiger partial charge in [-0.1, -0.05) is 29.8 Å². The number of carbonyl (C=O) groups is 2. The zero-order chi connectivity index (χ0) is 25.2. The van der Waals surface area contributed by atoms with E-state index in [1.807, 2.05) is 24.0 Å². The molecule has 36 heavy (non-hydrogen) atoms. The number of para-hydroxylation sites is 1. The van der Waals surface area contributed by atoms with Crippen LogP contribution in [-0.4, -0.2) is 46.6 Å². The zero-order valence-corrected chi connectivity index (χ0v) is 20.8. The molecule has 2 unspecified atom stereocenters. The maximum Gasteiger partial charge on any atom is 0.410 e. The van der Waals surface area contributed by atoms with Crippen LogP contribution in [0.2, 0.25) is 5.02 Å². The molecule has 0 radical (unpaired) electrons. The van der Waals surface area contributed by atoms with Crippen LogP contribution in [-0.2, 0) is 11.2 Å². The number of nitrogens with one attached hydrogen (secondary N) is 3. The number of nitrogens with zero attached hydrogens (tertiary/aromatic N) is 3. The summed E-state index contributed by atoms with van der Waals surface area (Å²) in [5, 5.41) is 9.34. The second-order valence-electron chi connectivity index (χ2n) is 8.74. The molecule has 0 saturated carbocycles. The van der Waals surface area contributed by atoms with E-state index in [2.05, 4.69) is 38.1 Å². The minimum Gasteiger partial charge on any atom is -0.450 e. The molecule has 2 atom stereocenters. The van der Waals surface area contributed by atoms with Crippen molar-refractivity contribution >= 4 is 46.7 Å². The van der Waals surface area contributed by atoms with Crippen molar-refractivity contribution in [3.8, 4) is 0 Å².